The van der Waals surface area contributed by atoms with Crippen LogP contribution in [0.1, 0.15) is 37.7 Å². The molecule has 3 aromatic heterocycles. The zero-order valence-corrected chi connectivity index (χ0v) is 14.8. The molecule has 0 radical (unpaired) electrons. The summed E-state index contributed by atoms with van der Waals surface area (Å²) in [5.74, 6) is 1.34. The normalized spacial score (nSPS) is 12.1. The minimum Gasteiger partial charge on any atom is -0.396 e. The van der Waals surface area contributed by atoms with Crippen molar-refractivity contribution in [1.29, 1.82) is 0 Å². The van der Waals surface area contributed by atoms with E-state index in [1.54, 1.807) is 11.3 Å². The summed E-state index contributed by atoms with van der Waals surface area (Å²) >= 11 is 5.26. The fourth-order valence-corrected chi connectivity index (χ4v) is 4.24. The Hall–Kier alpha value is -0.980. The van der Waals surface area contributed by atoms with E-state index in [0.717, 1.165) is 44.7 Å². The van der Waals surface area contributed by atoms with Crippen molar-refractivity contribution in [3.8, 4) is 0 Å². The molecule has 0 aliphatic rings. The third kappa shape index (κ3) is 2.49. The molecule has 0 aromatic carbocycles. The molecule has 0 aliphatic heterocycles. The third-order valence-corrected chi connectivity index (χ3v) is 5.31. The van der Waals surface area contributed by atoms with Gasteiger partial charge in [-0.05, 0) is 34.3 Å². The summed E-state index contributed by atoms with van der Waals surface area (Å²) in [6.45, 7) is 4.49. The minimum absolute atomic E-state index is 0.193. The molecule has 3 aromatic rings. The molecule has 0 saturated heterocycles. The van der Waals surface area contributed by atoms with Gasteiger partial charge in [0, 0.05) is 20.1 Å². The van der Waals surface area contributed by atoms with Crippen molar-refractivity contribution in [2.45, 2.75) is 32.6 Å². The highest BCUT2D eigenvalue weighted by Gasteiger charge is 2.19. The van der Waals surface area contributed by atoms with Crippen molar-refractivity contribution < 1.29 is 5.11 Å². The predicted octanol–water partition coefficient (Wildman–Crippen LogP) is 3.99. The number of aliphatic hydroxyl groups is 1. The largest absolute Gasteiger partial charge is 0.396 e. The van der Waals surface area contributed by atoms with Gasteiger partial charge in [0.15, 0.2) is 0 Å². The molecule has 3 rings (SSSR count). The number of halogens is 1. The van der Waals surface area contributed by atoms with Crippen molar-refractivity contribution in [3.05, 3.63) is 21.4 Å². The maximum atomic E-state index is 9.06. The van der Waals surface area contributed by atoms with E-state index in [1.165, 1.54) is 4.70 Å². The van der Waals surface area contributed by atoms with Gasteiger partial charge in [0.1, 0.15) is 11.3 Å². The second-order valence-electron chi connectivity index (χ2n) is 5.53. The van der Waals surface area contributed by atoms with E-state index in [2.05, 4.69) is 47.5 Å². The lowest BCUT2D eigenvalue weighted by atomic mass is 10.1. The van der Waals surface area contributed by atoms with Gasteiger partial charge in [-0.2, -0.15) is 0 Å². The average molecular weight is 368 g/mol. The summed E-state index contributed by atoms with van der Waals surface area (Å²) in [4.78, 5) is 9.62. The SMILES string of the molecule is CC(C)c1nc2cc(Br)sc2c2c1nc(CCCO)n2C. The van der Waals surface area contributed by atoms with E-state index >= 15 is 0 Å². The number of hydrogen-bond acceptors (Lipinski definition) is 4. The summed E-state index contributed by atoms with van der Waals surface area (Å²) in [7, 11) is 2.05. The van der Waals surface area contributed by atoms with Gasteiger partial charge in [-0.15, -0.1) is 11.3 Å². The van der Waals surface area contributed by atoms with Crippen molar-refractivity contribution in [3.63, 3.8) is 0 Å². The molecule has 0 unspecified atom stereocenters. The van der Waals surface area contributed by atoms with Crippen LogP contribution in [0.4, 0.5) is 0 Å². The first-order valence-electron chi connectivity index (χ1n) is 7.08. The van der Waals surface area contributed by atoms with E-state index in [0.29, 0.717) is 5.92 Å². The highest BCUT2D eigenvalue weighted by Crippen LogP contribution is 2.37. The lowest BCUT2D eigenvalue weighted by Gasteiger charge is -2.06. The molecule has 0 saturated carbocycles. The standard InChI is InChI=1S/C15H18BrN3OS/c1-8(2)12-13-14(15-9(17-12)7-10(16)21-15)19(3)11(18-13)5-4-6-20/h7-8,20H,4-6H2,1-3H3. The van der Waals surface area contributed by atoms with Crippen molar-refractivity contribution in [2.75, 3.05) is 6.61 Å². The van der Waals surface area contributed by atoms with E-state index in [9.17, 15) is 0 Å². The second kappa shape index (κ2) is 5.66. The van der Waals surface area contributed by atoms with E-state index in [4.69, 9.17) is 15.1 Å². The van der Waals surface area contributed by atoms with Gasteiger partial charge in [0.05, 0.1) is 25.2 Å². The molecular formula is C15H18BrN3OS. The summed E-state index contributed by atoms with van der Waals surface area (Å²) in [6.07, 6.45) is 1.52. The first kappa shape index (κ1) is 14.9. The van der Waals surface area contributed by atoms with Crippen LogP contribution in [0.5, 0.6) is 0 Å². The van der Waals surface area contributed by atoms with Gasteiger partial charge in [-0.3, -0.25) is 0 Å². The Labute approximate surface area is 136 Å². The number of aliphatic hydroxyl groups excluding tert-OH is 1. The van der Waals surface area contributed by atoms with Crippen LogP contribution in [-0.2, 0) is 13.5 Å². The van der Waals surface area contributed by atoms with Gasteiger partial charge in [0.25, 0.3) is 0 Å². The molecule has 6 heteroatoms. The van der Waals surface area contributed by atoms with Crippen LogP contribution in [-0.4, -0.2) is 26.2 Å². The second-order valence-corrected chi connectivity index (χ2v) is 7.96. The topological polar surface area (TPSA) is 50.9 Å². The van der Waals surface area contributed by atoms with Crippen molar-refractivity contribution in [1.82, 2.24) is 14.5 Å². The van der Waals surface area contributed by atoms with Gasteiger partial charge < -0.3 is 9.67 Å². The number of imidazole rings is 1. The zero-order valence-electron chi connectivity index (χ0n) is 12.4. The number of hydrogen-bond donors (Lipinski definition) is 1. The van der Waals surface area contributed by atoms with E-state index in [1.807, 2.05) is 0 Å². The Balaban J connectivity index is 2.35. The Kier molecular flexibility index (Phi) is 4.03. The Morgan fingerprint density at radius 1 is 1.38 bits per heavy atom. The Bertz CT molecular complexity index is 806. The quantitative estimate of drug-likeness (QED) is 0.758. The average Bonchev–Trinajstić information content (AvgIpc) is 2.95. The lowest BCUT2D eigenvalue weighted by Crippen LogP contribution is -1.99. The van der Waals surface area contributed by atoms with Crippen LogP contribution in [0.15, 0.2) is 9.85 Å². The molecule has 0 aliphatic carbocycles. The first-order chi connectivity index (χ1) is 10.0. The van der Waals surface area contributed by atoms with E-state index < -0.39 is 0 Å². The van der Waals surface area contributed by atoms with Crippen LogP contribution < -0.4 is 0 Å². The maximum Gasteiger partial charge on any atom is 0.112 e. The number of aryl methyl sites for hydroxylation is 2. The molecule has 0 spiro atoms. The predicted molar refractivity (Wildman–Crippen MR) is 91.1 cm³/mol. The summed E-state index contributed by atoms with van der Waals surface area (Å²) < 4.78 is 4.42. The number of pyridine rings is 1. The maximum absolute atomic E-state index is 9.06. The van der Waals surface area contributed by atoms with Crippen LogP contribution in [0.3, 0.4) is 0 Å². The monoisotopic (exact) mass is 367 g/mol. The minimum atomic E-state index is 0.193. The molecule has 21 heavy (non-hydrogen) atoms. The fourth-order valence-electron chi connectivity index (χ4n) is 2.63. The third-order valence-electron chi connectivity index (χ3n) is 3.67. The van der Waals surface area contributed by atoms with E-state index in [-0.39, 0.29) is 6.61 Å². The number of aromatic nitrogens is 3. The van der Waals surface area contributed by atoms with Crippen LogP contribution >= 0.6 is 27.3 Å². The number of rotatable bonds is 4. The van der Waals surface area contributed by atoms with Crippen molar-refractivity contribution >= 4 is 48.5 Å². The number of thiophene rings is 1. The lowest BCUT2D eigenvalue weighted by molar-refractivity contribution is 0.287. The zero-order chi connectivity index (χ0) is 15.1. The molecule has 0 bridgehead atoms. The highest BCUT2D eigenvalue weighted by atomic mass is 79.9. The molecule has 3 heterocycles. The van der Waals surface area contributed by atoms with Gasteiger partial charge in [0.2, 0.25) is 0 Å². The molecular weight excluding hydrogens is 350 g/mol. The van der Waals surface area contributed by atoms with Crippen LogP contribution in [0.2, 0.25) is 0 Å². The molecule has 0 fully saturated rings. The first-order valence-corrected chi connectivity index (χ1v) is 8.69. The van der Waals surface area contributed by atoms with Gasteiger partial charge in [-0.25, -0.2) is 9.97 Å². The molecule has 1 N–H and O–H groups in total. The van der Waals surface area contributed by atoms with Crippen LogP contribution in [0.25, 0.3) is 21.3 Å². The smallest absolute Gasteiger partial charge is 0.112 e. The summed E-state index contributed by atoms with van der Waals surface area (Å²) in [5, 5.41) is 9.06. The summed E-state index contributed by atoms with van der Waals surface area (Å²) in [6, 6.07) is 2.08. The molecule has 0 amide bonds. The van der Waals surface area contributed by atoms with Crippen LogP contribution in [0, 0.1) is 0 Å². The van der Waals surface area contributed by atoms with Gasteiger partial charge in [-0.1, -0.05) is 13.8 Å². The fraction of sp³-hybridized carbons (Fsp3) is 0.467. The molecule has 4 nitrogen and oxygen atoms in total. The Morgan fingerprint density at radius 3 is 2.81 bits per heavy atom. The van der Waals surface area contributed by atoms with Gasteiger partial charge >= 0.3 is 0 Å². The number of fused-ring (bicyclic) bond motifs is 3. The Morgan fingerprint density at radius 2 is 2.14 bits per heavy atom. The molecule has 112 valence electrons. The number of nitrogens with zero attached hydrogens (tertiary/aromatic N) is 3. The summed E-state index contributed by atoms with van der Waals surface area (Å²) in [5.41, 5.74) is 4.24. The van der Waals surface area contributed by atoms with Crippen molar-refractivity contribution in [2.24, 2.45) is 7.05 Å². The molecule has 0 atom stereocenters. The highest BCUT2D eigenvalue weighted by molar-refractivity contribution is 9.11.